The lowest BCUT2D eigenvalue weighted by Crippen LogP contribution is -2.45. The maximum atomic E-state index is 12.5. The van der Waals surface area contributed by atoms with Crippen LogP contribution < -0.4 is 5.32 Å². The quantitative estimate of drug-likeness (QED) is 0.670. The molecular weight excluding hydrogens is 308 g/mol. The summed E-state index contributed by atoms with van der Waals surface area (Å²) < 4.78 is 0. The van der Waals surface area contributed by atoms with Crippen molar-refractivity contribution in [2.75, 3.05) is 5.32 Å². The van der Waals surface area contributed by atoms with Crippen molar-refractivity contribution in [1.29, 1.82) is 0 Å². The first-order valence-electron chi connectivity index (χ1n) is 7.47. The molecule has 24 heavy (non-hydrogen) atoms. The summed E-state index contributed by atoms with van der Waals surface area (Å²) in [6.45, 7) is 3.24. The van der Waals surface area contributed by atoms with Gasteiger partial charge < -0.3 is 10.4 Å². The molecule has 3 amide bonds. The van der Waals surface area contributed by atoms with E-state index in [9.17, 15) is 19.5 Å². The van der Waals surface area contributed by atoms with Gasteiger partial charge in [-0.15, -0.1) is 0 Å². The zero-order valence-electron chi connectivity index (χ0n) is 13.2. The van der Waals surface area contributed by atoms with Gasteiger partial charge in [0.2, 0.25) is 5.91 Å². The number of nitrogens with one attached hydrogen (secondary N) is 1. The van der Waals surface area contributed by atoms with Gasteiger partial charge in [0.25, 0.3) is 11.8 Å². The number of rotatable bonds is 3. The number of aryl methyl sites for hydroxylation is 1. The maximum absolute atomic E-state index is 12.5. The summed E-state index contributed by atoms with van der Waals surface area (Å²) in [6.07, 6.45) is 0. The van der Waals surface area contributed by atoms with E-state index in [0.29, 0.717) is 22.4 Å². The predicted molar refractivity (Wildman–Crippen MR) is 87.9 cm³/mol. The molecule has 6 nitrogen and oxygen atoms in total. The Morgan fingerprint density at radius 3 is 2.21 bits per heavy atom. The number of phenols is 1. The van der Waals surface area contributed by atoms with E-state index in [1.807, 2.05) is 0 Å². The SMILES string of the molecule is Cc1cc(O)ccc1NC(=O)C(C)N1C(=O)c2ccccc2C1=O. The Morgan fingerprint density at radius 1 is 1.08 bits per heavy atom. The van der Waals surface area contributed by atoms with Crippen molar-refractivity contribution in [3.8, 4) is 5.75 Å². The first-order chi connectivity index (χ1) is 11.4. The molecule has 0 fully saturated rings. The summed E-state index contributed by atoms with van der Waals surface area (Å²) in [6, 6.07) is 10.1. The number of imide groups is 1. The Balaban J connectivity index is 1.82. The smallest absolute Gasteiger partial charge is 0.262 e. The van der Waals surface area contributed by atoms with E-state index in [4.69, 9.17) is 0 Å². The van der Waals surface area contributed by atoms with Crippen LogP contribution in [0.15, 0.2) is 42.5 Å². The van der Waals surface area contributed by atoms with Crippen molar-refractivity contribution >= 4 is 23.4 Å². The minimum absolute atomic E-state index is 0.0962. The Hall–Kier alpha value is -3.15. The van der Waals surface area contributed by atoms with Crippen molar-refractivity contribution in [2.24, 2.45) is 0 Å². The minimum Gasteiger partial charge on any atom is -0.508 e. The molecule has 0 aromatic heterocycles. The van der Waals surface area contributed by atoms with Gasteiger partial charge in [-0.25, -0.2) is 0 Å². The molecule has 0 bridgehead atoms. The molecule has 6 heteroatoms. The lowest BCUT2D eigenvalue weighted by Gasteiger charge is -2.22. The minimum atomic E-state index is -0.953. The van der Waals surface area contributed by atoms with E-state index < -0.39 is 23.8 Å². The van der Waals surface area contributed by atoms with Crippen LogP contribution in [0.3, 0.4) is 0 Å². The fourth-order valence-corrected chi connectivity index (χ4v) is 2.70. The third-order valence-corrected chi connectivity index (χ3v) is 4.06. The van der Waals surface area contributed by atoms with Crippen LogP contribution in [0.1, 0.15) is 33.2 Å². The average Bonchev–Trinajstić information content (AvgIpc) is 2.81. The molecule has 0 radical (unpaired) electrons. The molecule has 0 saturated carbocycles. The van der Waals surface area contributed by atoms with Crippen LogP contribution >= 0.6 is 0 Å². The van der Waals surface area contributed by atoms with Gasteiger partial charge in [-0.05, 0) is 49.7 Å². The van der Waals surface area contributed by atoms with Crippen LogP contribution in [0.5, 0.6) is 5.75 Å². The maximum Gasteiger partial charge on any atom is 0.262 e. The molecule has 0 spiro atoms. The van der Waals surface area contributed by atoms with Gasteiger partial charge in [0.1, 0.15) is 11.8 Å². The Labute approximate surface area is 138 Å². The highest BCUT2D eigenvalue weighted by Gasteiger charge is 2.40. The van der Waals surface area contributed by atoms with Crippen LogP contribution in [0.25, 0.3) is 0 Å². The van der Waals surface area contributed by atoms with Crippen LogP contribution in [-0.2, 0) is 4.79 Å². The highest BCUT2D eigenvalue weighted by atomic mass is 16.3. The zero-order chi connectivity index (χ0) is 17.4. The highest BCUT2D eigenvalue weighted by Crippen LogP contribution is 2.25. The Kier molecular flexibility index (Phi) is 3.81. The summed E-state index contributed by atoms with van der Waals surface area (Å²) in [5.74, 6) is -1.32. The number of benzene rings is 2. The normalized spacial score (nSPS) is 14.5. The zero-order valence-corrected chi connectivity index (χ0v) is 13.2. The summed E-state index contributed by atoms with van der Waals surface area (Å²) in [7, 11) is 0. The summed E-state index contributed by atoms with van der Waals surface area (Å²) in [5.41, 5.74) is 1.81. The molecule has 3 rings (SSSR count). The van der Waals surface area contributed by atoms with Gasteiger partial charge in [-0.1, -0.05) is 12.1 Å². The number of hydrogen-bond acceptors (Lipinski definition) is 4. The second-order valence-corrected chi connectivity index (χ2v) is 5.69. The number of phenolic OH excluding ortho intramolecular Hbond substituents is 1. The van der Waals surface area contributed by atoms with Crippen molar-refractivity contribution in [3.63, 3.8) is 0 Å². The molecule has 1 atom stereocenters. The first kappa shape index (κ1) is 15.7. The van der Waals surface area contributed by atoms with Crippen molar-refractivity contribution in [3.05, 3.63) is 59.2 Å². The van der Waals surface area contributed by atoms with Gasteiger partial charge in [0, 0.05) is 5.69 Å². The molecule has 2 aromatic rings. The van der Waals surface area contributed by atoms with Crippen LogP contribution in [0, 0.1) is 6.92 Å². The molecule has 1 unspecified atom stereocenters. The number of amides is 3. The van der Waals surface area contributed by atoms with E-state index in [-0.39, 0.29) is 5.75 Å². The van der Waals surface area contributed by atoms with Gasteiger partial charge in [-0.3, -0.25) is 19.3 Å². The van der Waals surface area contributed by atoms with E-state index >= 15 is 0 Å². The number of aromatic hydroxyl groups is 1. The van der Waals surface area contributed by atoms with Gasteiger partial charge >= 0.3 is 0 Å². The van der Waals surface area contributed by atoms with Gasteiger partial charge in [0.05, 0.1) is 11.1 Å². The molecule has 0 aliphatic carbocycles. The highest BCUT2D eigenvalue weighted by molar-refractivity contribution is 6.23. The third-order valence-electron chi connectivity index (χ3n) is 4.06. The van der Waals surface area contributed by atoms with E-state index in [1.54, 1.807) is 37.3 Å². The van der Waals surface area contributed by atoms with Crippen molar-refractivity contribution in [1.82, 2.24) is 4.90 Å². The topological polar surface area (TPSA) is 86.7 Å². The molecule has 1 aliphatic rings. The van der Waals surface area contributed by atoms with Gasteiger partial charge in [-0.2, -0.15) is 0 Å². The number of anilines is 1. The summed E-state index contributed by atoms with van der Waals surface area (Å²) >= 11 is 0. The Bertz CT molecular complexity index is 825. The molecule has 122 valence electrons. The van der Waals surface area contributed by atoms with Crippen LogP contribution in [0.4, 0.5) is 5.69 Å². The fraction of sp³-hybridized carbons (Fsp3) is 0.167. The Morgan fingerprint density at radius 2 is 1.67 bits per heavy atom. The van der Waals surface area contributed by atoms with Crippen LogP contribution in [-0.4, -0.2) is 33.8 Å². The number of carbonyl (C=O) groups excluding carboxylic acids is 3. The predicted octanol–water partition coefficient (Wildman–Crippen LogP) is 2.32. The molecule has 1 aliphatic heterocycles. The number of fused-ring (bicyclic) bond motifs is 1. The average molecular weight is 324 g/mol. The molecule has 0 saturated heterocycles. The van der Waals surface area contributed by atoms with Crippen molar-refractivity contribution < 1.29 is 19.5 Å². The monoisotopic (exact) mass is 324 g/mol. The second-order valence-electron chi connectivity index (χ2n) is 5.69. The lowest BCUT2D eigenvalue weighted by atomic mass is 10.1. The van der Waals surface area contributed by atoms with Gasteiger partial charge in [0.15, 0.2) is 0 Å². The fourth-order valence-electron chi connectivity index (χ4n) is 2.70. The molecular formula is C18H16N2O4. The summed E-state index contributed by atoms with van der Waals surface area (Å²) in [4.78, 5) is 38.2. The number of carbonyl (C=O) groups is 3. The summed E-state index contributed by atoms with van der Waals surface area (Å²) in [5, 5.41) is 12.1. The third kappa shape index (κ3) is 2.52. The van der Waals surface area contributed by atoms with Crippen LogP contribution in [0.2, 0.25) is 0 Å². The largest absolute Gasteiger partial charge is 0.508 e. The molecule has 1 heterocycles. The number of nitrogens with zero attached hydrogens (tertiary/aromatic N) is 1. The van der Waals surface area contributed by atoms with Crippen molar-refractivity contribution in [2.45, 2.75) is 19.9 Å². The van der Waals surface area contributed by atoms with E-state index in [2.05, 4.69) is 5.32 Å². The second kappa shape index (κ2) is 5.81. The number of hydrogen-bond donors (Lipinski definition) is 2. The first-order valence-corrected chi connectivity index (χ1v) is 7.47. The molecule has 2 aromatic carbocycles. The lowest BCUT2D eigenvalue weighted by molar-refractivity contribution is -0.119. The van der Waals surface area contributed by atoms with E-state index in [1.165, 1.54) is 19.1 Å². The standard InChI is InChI=1S/C18H16N2O4/c1-10-9-12(21)7-8-15(10)19-16(22)11(2)20-17(23)13-5-3-4-6-14(13)18(20)24/h3-9,11,21H,1-2H3,(H,19,22). The van der Waals surface area contributed by atoms with E-state index in [0.717, 1.165) is 4.90 Å². The molecule has 2 N–H and O–H groups in total.